The molecule has 0 amide bonds. The van der Waals surface area contributed by atoms with E-state index in [0.29, 0.717) is 0 Å². The number of esters is 2. The largest absolute Gasteiger partial charge is 0.466 e. The van der Waals surface area contributed by atoms with Gasteiger partial charge >= 0.3 is 11.9 Å². The number of rotatable bonds is 5. The Morgan fingerprint density at radius 3 is 2.33 bits per heavy atom. The first-order chi connectivity index (χ1) is 7.04. The first-order valence-corrected chi connectivity index (χ1v) is 5.47. The monoisotopic (exact) mass is 232 g/mol. The fourth-order valence-corrected chi connectivity index (χ4v) is 1.65. The Morgan fingerprint density at radius 1 is 1.33 bits per heavy atom. The molecule has 0 aliphatic rings. The minimum Gasteiger partial charge on any atom is -0.466 e. The lowest BCUT2D eigenvalue weighted by atomic mass is 10.4. The Kier molecular flexibility index (Phi) is 6.86. The van der Waals surface area contributed by atoms with Crippen LogP contribution in [-0.2, 0) is 19.1 Å². The molecule has 0 aliphatic heterocycles. The van der Waals surface area contributed by atoms with Crippen molar-refractivity contribution in [3.8, 4) is 0 Å². The van der Waals surface area contributed by atoms with Crippen molar-refractivity contribution in [2.45, 2.75) is 25.5 Å². The topological polar surface area (TPSA) is 52.6 Å². The molecule has 1 unspecified atom stereocenters. The number of hydrogen-bond acceptors (Lipinski definition) is 5. The van der Waals surface area contributed by atoms with Crippen LogP contribution in [0.25, 0.3) is 0 Å². The van der Waals surface area contributed by atoms with Crippen molar-refractivity contribution in [2.24, 2.45) is 0 Å². The summed E-state index contributed by atoms with van der Waals surface area (Å²) in [6.07, 6.45) is 2.06. The van der Waals surface area contributed by atoms with E-state index in [-0.39, 0.29) is 10.2 Å². The van der Waals surface area contributed by atoms with Crippen LogP contribution in [0.5, 0.6) is 0 Å². The van der Waals surface area contributed by atoms with Crippen LogP contribution in [0.4, 0.5) is 0 Å². The zero-order valence-electron chi connectivity index (χ0n) is 9.40. The SMILES string of the molecule is CCC(C)S/C(=C\C(=O)OC)C(=O)OC. The van der Waals surface area contributed by atoms with Gasteiger partial charge in [-0.3, -0.25) is 0 Å². The van der Waals surface area contributed by atoms with Gasteiger partial charge in [0.25, 0.3) is 0 Å². The summed E-state index contributed by atoms with van der Waals surface area (Å²) < 4.78 is 9.02. The molecule has 86 valence electrons. The maximum Gasteiger partial charge on any atom is 0.344 e. The summed E-state index contributed by atoms with van der Waals surface area (Å²) in [6, 6.07) is 0. The average Bonchev–Trinajstić information content (AvgIpc) is 2.26. The third-order valence-electron chi connectivity index (χ3n) is 1.74. The van der Waals surface area contributed by atoms with Crippen LogP contribution in [0, 0.1) is 0 Å². The molecule has 0 saturated heterocycles. The summed E-state index contributed by atoms with van der Waals surface area (Å²) in [7, 11) is 2.55. The van der Waals surface area contributed by atoms with Gasteiger partial charge in [0.2, 0.25) is 0 Å². The highest BCUT2D eigenvalue weighted by Crippen LogP contribution is 2.24. The summed E-state index contributed by atoms with van der Waals surface area (Å²) in [4.78, 5) is 22.6. The minimum absolute atomic E-state index is 0.250. The molecule has 0 aromatic heterocycles. The van der Waals surface area contributed by atoms with E-state index in [2.05, 4.69) is 9.47 Å². The average molecular weight is 232 g/mol. The predicted molar refractivity (Wildman–Crippen MR) is 59.5 cm³/mol. The van der Waals surface area contributed by atoms with E-state index < -0.39 is 11.9 Å². The Hall–Kier alpha value is -0.970. The molecule has 0 spiro atoms. The number of ether oxygens (including phenoxy) is 2. The van der Waals surface area contributed by atoms with Crippen LogP contribution in [-0.4, -0.2) is 31.4 Å². The minimum atomic E-state index is -0.550. The van der Waals surface area contributed by atoms with Crippen LogP contribution < -0.4 is 0 Å². The molecule has 1 atom stereocenters. The lowest BCUT2D eigenvalue weighted by Crippen LogP contribution is -2.08. The standard InChI is InChI=1S/C10H16O4S/c1-5-7(2)15-8(10(12)14-4)6-9(11)13-3/h6-7H,5H2,1-4H3/b8-6-. The molecule has 4 nitrogen and oxygen atoms in total. The number of thioether (sulfide) groups is 1. The van der Waals surface area contributed by atoms with Crippen molar-refractivity contribution in [3.63, 3.8) is 0 Å². The van der Waals surface area contributed by atoms with Gasteiger partial charge in [0.05, 0.1) is 14.2 Å². The van der Waals surface area contributed by atoms with Gasteiger partial charge in [0.15, 0.2) is 0 Å². The summed E-state index contributed by atoms with van der Waals surface area (Å²) >= 11 is 1.31. The van der Waals surface area contributed by atoms with E-state index in [1.165, 1.54) is 26.0 Å². The maximum absolute atomic E-state index is 11.3. The molecule has 15 heavy (non-hydrogen) atoms. The van der Waals surface area contributed by atoms with E-state index in [0.717, 1.165) is 12.5 Å². The first kappa shape index (κ1) is 14.0. The highest BCUT2D eigenvalue weighted by Gasteiger charge is 2.15. The second-order valence-corrected chi connectivity index (χ2v) is 4.34. The number of hydrogen-bond donors (Lipinski definition) is 0. The van der Waals surface area contributed by atoms with Crippen molar-refractivity contribution in [2.75, 3.05) is 14.2 Å². The van der Waals surface area contributed by atoms with E-state index in [1.54, 1.807) is 0 Å². The quantitative estimate of drug-likeness (QED) is 0.534. The normalized spacial score (nSPS) is 13.2. The smallest absolute Gasteiger partial charge is 0.344 e. The van der Waals surface area contributed by atoms with Crippen LogP contribution in [0.3, 0.4) is 0 Å². The summed E-state index contributed by atoms with van der Waals surface area (Å²) in [5.74, 6) is -1.06. The Bertz CT molecular complexity index is 260. The fourth-order valence-electron chi connectivity index (χ4n) is 0.708. The van der Waals surface area contributed by atoms with Gasteiger partial charge in [-0.25, -0.2) is 9.59 Å². The van der Waals surface area contributed by atoms with Crippen molar-refractivity contribution in [3.05, 3.63) is 11.0 Å². The van der Waals surface area contributed by atoms with Crippen LogP contribution >= 0.6 is 11.8 Å². The highest BCUT2D eigenvalue weighted by molar-refractivity contribution is 8.04. The lowest BCUT2D eigenvalue weighted by molar-refractivity contribution is -0.137. The van der Waals surface area contributed by atoms with Gasteiger partial charge in [0.1, 0.15) is 4.91 Å². The van der Waals surface area contributed by atoms with E-state index >= 15 is 0 Å². The summed E-state index contributed by atoms with van der Waals surface area (Å²) in [5.41, 5.74) is 0. The van der Waals surface area contributed by atoms with E-state index in [4.69, 9.17) is 0 Å². The molecule has 5 heteroatoms. The second-order valence-electron chi connectivity index (χ2n) is 2.86. The van der Waals surface area contributed by atoms with Gasteiger partial charge < -0.3 is 9.47 Å². The Balaban J connectivity index is 4.65. The van der Waals surface area contributed by atoms with Crippen molar-refractivity contribution in [1.82, 2.24) is 0 Å². The summed E-state index contributed by atoms with van der Waals surface area (Å²) in [5, 5.41) is 0.250. The molecular weight excluding hydrogens is 216 g/mol. The molecule has 0 aromatic carbocycles. The second kappa shape index (κ2) is 7.34. The van der Waals surface area contributed by atoms with Gasteiger partial charge in [-0.15, -0.1) is 11.8 Å². The Labute approximate surface area is 94.0 Å². The number of carbonyl (C=O) groups is 2. The zero-order chi connectivity index (χ0) is 11.8. The molecule has 0 bridgehead atoms. The maximum atomic E-state index is 11.3. The van der Waals surface area contributed by atoms with Gasteiger partial charge in [-0.05, 0) is 6.42 Å². The van der Waals surface area contributed by atoms with E-state index in [9.17, 15) is 9.59 Å². The van der Waals surface area contributed by atoms with Gasteiger partial charge in [0, 0.05) is 11.3 Å². The number of methoxy groups -OCH3 is 2. The number of carbonyl (C=O) groups excluding carboxylic acids is 2. The molecule has 0 radical (unpaired) electrons. The van der Waals surface area contributed by atoms with Gasteiger partial charge in [-0.1, -0.05) is 13.8 Å². The van der Waals surface area contributed by atoms with Crippen molar-refractivity contribution < 1.29 is 19.1 Å². The Morgan fingerprint density at radius 2 is 1.93 bits per heavy atom. The molecular formula is C10H16O4S. The molecule has 0 N–H and O–H groups in total. The molecule has 0 aliphatic carbocycles. The van der Waals surface area contributed by atoms with Crippen LogP contribution in [0.15, 0.2) is 11.0 Å². The lowest BCUT2D eigenvalue weighted by Gasteiger charge is -2.09. The summed E-state index contributed by atoms with van der Waals surface area (Å²) in [6.45, 7) is 3.98. The molecule has 0 aromatic rings. The van der Waals surface area contributed by atoms with Gasteiger partial charge in [-0.2, -0.15) is 0 Å². The van der Waals surface area contributed by atoms with Crippen LogP contribution in [0.2, 0.25) is 0 Å². The van der Waals surface area contributed by atoms with E-state index in [1.807, 2.05) is 13.8 Å². The fraction of sp³-hybridized carbons (Fsp3) is 0.600. The molecule has 0 saturated carbocycles. The highest BCUT2D eigenvalue weighted by atomic mass is 32.2. The third kappa shape index (κ3) is 5.47. The first-order valence-electron chi connectivity index (χ1n) is 4.59. The van der Waals surface area contributed by atoms with Crippen molar-refractivity contribution >= 4 is 23.7 Å². The molecule has 0 heterocycles. The third-order valence-corrected chi connectivity index (χ3v) is 3.01. The van der Waals surface area contributed by atoms with Crippen LogP contribution in [0.1, 0.15) is 20.3 Å². The zero-order valence-corrected chi connectivity index (χ0v) is 10.2. The van der Waals surface area contributed by atoms with Crippen molar-refractivity contribution in [1.29, 1.82) is 0 Å². The molecule has 0 rings (SSSR count). The predicted octanol–water partition coefficient (Wildman–Crippen LogP) is 1.75. The molecule has 0 fully saturated rings.